The molecule has 0 heterocycles. The van der Waals surface area contributed by atoms with Gasteiger partial charge in [0.25, 0.3) is 0 Å². The van der Waals surface area contributed by atoms with Crippen molar-refractivity contribution in [2.45, 2.75) is 45.6 Å². The van der Waals surface area contributed by atoms with Crippen molar-refractivity contribution in [1.29, 1.82) is 0 Å². The van der Waals surface area contributed by atoms with Gasteiger partial charge in [-0.25, -0.2) is 4.79 Å². The molecule has 1 aromatic carbocycles. The first-order valence-electron chi connectivity index (χ1n) is 6.68. The Morgan fingerprint density at radius 2 is 2.05 bits per heavy atom. The summed E-state index contributed by atoms with van der Waals surface area (Å²) in [5.74, 6) is 0.139. The third-order valence-electron chi connectivity index (χ3n) is 3.00. The monoisotopic (exact) mass is 266 g/mol. The van der Waals surface area contributed by atoms with Crippen LogP contribution in [0.1, 0.15) is 38.7 Å². The molecule has 0 bridgehead atoms. The van der Waals surface area contributed by atoms with Crippen LogP contribution in [0, 0.1) is 0 Å². The van der Waals surface area contributed by atoms with E-state index in [-0.39, 0.29) is 0 Å². The molecule has 0 aliphatic rings. The van der Waals surface area contributed by atoms with E-state index < -0.39 is 12.1 Å². The van der Waals surface area contributed by atoms with Crippen molar-refractivity contribution in [1.82, 2.24) is 0 Å². The van der Waals surface area contributed by atoms with Crippen molar-refractivity contribution in [3.63, 3.8) is 0 Å². The van der Waals surface area contributed by atoms with Crippen LogP contribution in [0.25, 0.3) is 0 Å². The highest BCUT2D eigenvalue weighted by Crippen LogP contribution is 2.29. The van der Waals surface area contributed by atoms with E-state index in [1.165, 1.54) is 0 Å². The fourth-order valence-corrected chi connectivity index (χ4v) is 1.80. The molecule has 106 valence electrons. The van der Waals surface area contributed by atoms with Gasteiger partial charge in [0.15, 0.2) is 17.6 Å². The summed E-state index contributed by atoms with van der Waals surface area (Å²) in [5, 5.41) is 9.16. The molecule has 19 heavy (non-hydrogen) atoms. The van der Waals surface area contributed by atoms with Crippen molar-refractivity contribution in [3.05, 3.63) is 23.8 Å². The Morgan fingerprint density at radius 1 is 1.32 bits per heavy atom. The van der Waals surface area contributed by atoms with Gasteiger partial charge in [0.2, 0.25) is 0 Å². The van der Waals surface area contributed by atoms with E-state index in [9.17, 15) is 4.79 Å². The average Bonchev–Trinajstić information content (AvgIpc) is 2.43. The van der Waals surface area contributed by atoms with Crippen molar-refractivity contribution in [3.8, 4) is 11.5 Å². The number of rotatable bonds is 8. The zero-order valence-electron chi connectivity index (χ0n) is 11.8. The van der Waals surface area contributed by atoms with Crippen LogP contribution in [-0.4, -0.2) is 24.3 Å². The smallest absolute Gasteiger partial charge is 0.344 e. The topological polar surface area (TPSA) is 55.8 Å². The molecule has 0 saturated heterocycles. The molecule has 0 aromatic heterocycles. The van der Waals surface area contributed by atoms with Crippen LogP contribution in [0.5, 0.6) is 11.5 Å². The van der Waals surface area contributed by atoms with E-state index in [0.29, 0.717) is 17.9 Å². The first-order chi connectivity index (χ1) is 9.12. The first kappa shape index (κ1) is 15.3. The molecule has 0 aliphatic carbocycles. The largest absolute Gasteiger partial charge is 0.493 e. The van der Waals surface area contributed by atoms with Gasteiger partial charge >= 0.3 is 5.97 Å². The highest BCUT2D eigenvalue weighted by Gasteiger charge is 2.20. The molecule has 1 unspecified atom stereocenters. The molecule has 0 aliphatic heterocycles. The third kappa shape index (κ3) is 4.47. The first-order valence-corrected chi connectivity index (χ1v) is 6.68. The number of hydrogen-bond acceptors (Lipinski definition) is 3. The number of aryl methyl sites for hydroxylation is 1. The van der Waals surface area contributed by atoms with Crippen LogP contribution in [-0.2, 0) is 11.2 Å². The number of hydrogen-bond donors (Lipinski definition) is 1. The molecular formula is C15H22O4. The van der Waals surface area contributed by atoms with Gasteiger partial charge in [-0.15, -0.1) is 0 Å². The van der Waals surface area contributed by atoms with Crippen LogP contribution in [0.3, 0.4) is 0 Å². The molecule has 0 spiro atoms. The van der Waals surface area contributed by atoms with Gasteiger partial charge in [0, 0.05) is 0 Å². The second-order valence-electron chi connectivity index (χ2n) is 4.43. The van der Waals surface area contributed by atoms with E-state index in [0.717, 1.165) is 24.8 Å². The van der Waals surface area contributed by atoms with Crippen molar-refractivity contribution < 1.29 is 19.4 Å². The van der Waals surface area contributed by atoms with Gasteiger partial charge in [0.1, 0.15) is 0 Å². The van der Waals surface area contributed by atoms with Gasteiger partial charge < -0.3 is 14.6 Å². The van der Waals surface area contributed by atoms with Crippen LogP contribution < -0.4 is 9.47 Å². The third-order valence-corrected chi connectivity index (χ3v) is 3.00. The molecule has 1 N–H and O–H groups in total. The van der Waals surface area contributed by atoms with Crippen molar-refractivity contribution in [2.75, 3.05) is 7.11 Å². The number of benzene rings is 1. The summed E-state index contributed by atoms with van der Waals surface area (Å²) in [6, 6.07) is 5.59. The predicted molar refractivity (Wildman–Crippen MR) is 73.9 cm³/mol. The number of carbonyl (C=O) groups is 1. The van der Waals surface area contributed by atoms with Gasteiger partial charge in [-0.3, -0.25) is 0 Å². The van der Waals surface area contributed by atoms with Crippen LogP contribution in [0.4, 0.5) is 0 Å². The lowest BCUT2D eigenvalue weighted by molar-refractivity contribution is -0.145. The number of carboxylic acids is 1. The Hall–Kier alpha value is -1.71. The minimum atomic E-state index is -0.935. The Labute approximate surface area is 114 Å². The van der Waals surface area contributed by atoms with Crippen LogP contribution in [0.2, 0.25) is 0 Å². The van der Waals surface area contributed by atoms with Crippen LogP contribution >= 0.6 is 0 Å². The zero-order valence-corrected chi connectivity index (χ0v) is 11.8. The molecule has 1 aromatic rings. The van der Waals surface area contributed by atoms with E-state index in [2.05, 4.69) is 6.92 Å². The van der Waals surface area contributed by atoms with Crippen molar-refractivity contribution in [2.24, 2.45) is 0 Å². The number of unbranched alkanes of at least 4 members (excludes halogenated alkanes) is 1. The molecule has 0 radical (unpaired) electrons. The summed E-state index contributed by atoms with van der Waals surface area (Å²) >= 11 is 0. The molecule has 0 saturated carbocycles. The Kier molecular flexibility index (Phi) is 6.19. The number of methoxy groups -OCH3 is 1. The zero-order chi connectivity index (χ0) is 14.3. The molecular weight excluding hydrogens is 244 g/mol. The Morgan fingerprint density at radius 3 is 2.58 bits per heavy atom. The van der Waals surface area contributed by atoms with Gasteiger partial charge in [-0.05, 0) is 37.0 Å². The molecule has 4 nitrogen and oxygen atoms in total. The van der Waals surface area contributed by atoms with Crippen molar-refractivity contribution >= 4 is 5.97 Å². The van der Waals surface area contributed by atoms with Gasteiger partial charge in [-0.1, -0.05) is 26.3 Å². The van der Waals surface area contributed by atoms with E-state index >= 15 is 0 Å². The maximum Gasteiger partial charge on any atom is 0.344 e. The molecule has 0 amide bonds. The maximum absolute atomic E-state index is 11.2. The lowest BCUT2D eigenvalue weighted by Gasteiger charge is -2.17. The molecule has 0 fully saturated rings. The quantitative estimate of drug-likeness (QED) is 0.784. The standard InChI is InChI=1S/C15H22O4/c1-4-6-7-13(15(16)17)19-12-9-8-11(5-2)10-14(12)18-3/h8-10,13H,4-7H2,1-3H3,(H,16,17). The second kappa shape index (κ2) is 7.67. The minimum Gasteiger partial charge on any atom is -0.493 e. The summed E-state index contributed by atoms with van der Waals surface area (Å²) in [4.78, 5) is 11.2. The normalized spacial score (nSPS) is 11.9. The number of aliphatic carboxylic acids is 1. The summed E-state index contributed by atoms with van der Waals surface area (Å²) in [5.41, 5.74) is 1.13. The summed E-state index contributed by atoms with van der Waals surface area (Å²) in [6.45, 7) is 4.08. The average molecular weight is 266 g/mol. The second-order valence-corrected chi connectivity index (χ2v) is 4.43. The van der Waals surface area contributed by atoms with E-state index in [4.69, 9.17) is 14.6 Å². The lowest BCUT2D eigenvalue weighted by Crippen LogP contribution is -2.27. The molecule has 1 rings (SSSR count). The highest BCUT2D eigenvalue weighted by atomic mass is 16.5. The Balaban J connectivity index is 2.86. The minimum absolute atomic E-state index is 0.489. The number of ether oxygens (including phenoxy) is 2. The lowest BCUT2D eigenvalue weighted by atomic mass is 10.1. The van der Waals surface area contributed by atoms with E-state index in [1.54, 1.807) is 13.2 Å². The predicted octanol–water partition coefficient (Wildman–Crippen LogP) is 3.28. The summed E-state index contributed by atoms with van der Waals surface area (Å²) in [6.07, 6.45) is 2.35. The van der Waals surface area contributed by atoms with Crippen LogP contribution in [0.15, 0.2) is 18.2 Å². The van der Waals surface area contributed by atoms with E-state index in [1.807, 2.05) is 19.1 Å². The van der Waals surface area contributed by atoms with Gasteiger partial charge in [0.05, 0.1) is 7.11 Å². The van der Waals surface area contributed by atoms with Gasteiger partial charge in [-0.2, -0.15) is 0 Å². The Bertz CT molecular complexity index is 415. The summed E-state index contributed by atoms with van der Waals surface area (Å²) < 4.78 is 10.8. The highest BCUT2D eigenvalue weighted by molar-refractivity contribution is 5.72. The SMILES string of the molecule is CCCCC(Oc1ccc(CC)cc1OC)C(=O)O. The fourth-order valence-electron chi connectivity index (χ4n) is 1.80. The maximum atomic E-state index is 11.2. The number of carboxylic acid groups (broad SMARTS) is 1. The molecule has 4 heteroatoms. The fraction of sp³-hybridized carbons (Fsp3) is 0.533. The molecule has 1 atom stereocenters. The summed E-state index contributed by atoms with van der Waals surface area (Å²) in [7, 11) is 1.56.